The van der Waals surface area contributed by atoms with Gasteiger partial charge in [0.05, 0.1) is 23.4 Å². The fraction of sp³-hybridized carbons (Fsp3) is 0.545. The van der Waals surface area contributed by atoms with Gasteiger partial charge in [0, 0.05) is 24.7 Å². The van der Waals surface area contributed by atoms with Gasteiger partial charge in [0.2, 0.25) is 0 Å². The highest BCUT2D eigenvalue weighted by Gasteiger charge is 2.44. The Balaban J connectivity index is 1.47. The number of rotatable bonds is 4. The quantitative estimate of drug-likeness (QED) is 0.661. The molecule has 2 saturated carbocycles. The van der Waals surface area contributed by atoms with E-state index in [1.165, 1.54) is 18.2 Å². The average molecular weight is 465 g/mol. The zero-order valence-corrected chi connectivity index (χ0v) is 18.9. The van der Waals surface area contributed by atoms with E-state index in [0.717, 1.165) is 43.7 Å². The van der Waals surface area contributed by atoms with Gasteiger partial charge in [-0.15, -0.1) is 0 Å². The molecule has 1 aliphatic heterocycles. The first-order valence-corrected chi connectivity index (χ1v) is 12.3. The first-order chi connectivity index (χ1) is 14.9. The lowest BCUT2D eigenvalue weighted by molar-refractivity contribution is 0.101. The molecule has 2 heterocycles. The molecular formula is C22H26ClFN4O2S. The van der Waals surface area contributed by atoms with Crippen LogP contribution in [0.15, 0.2) is 18.2 Å². The largest absolute Gasteiger partial charge is 0.393 e. The molecule has 3 aliphatic rings. The maximum Gasteiger partial charge on any atom is 0.274 e. The molecule has 2 N–H and O–H groups in total. The summed E-state index contributed by atoms with van der Waals surface area (Å²) in [6, 6.07) is 4.20. The molecule has 1 amide bonds. The topological polar surface area (TPSA) is 70.4 Å². The number of aliphatic hydroxyl groups is 1. The summed E-state index contributed by atoms with van der Waals surface area (Å²) in [6.45, 7) is 2.24. The van der Waals surface area contributed by atoms with Gasteiger partial charge in [0.15, 0.2) is 0 Å². The Morgan fingerprint density at radius 1 is 1.26 bits per heavy atom. The molecule has 2 aliphatic carbocycles. The van der Waals surface area contributed by atoms with Crippen LogP contribution in [0.5, 0.6) is 0 Å². The molecule has 2 atom stereocenters. The van der Waals surface area contributed by atoms with Crippen LogP contribution in [0.25, 0.3) is 0 Å². The van der Waals surface area contributed by atoms with Crippen molar-refractivity contribution < 1.29 is 14.3 Å². The van der Waals surface area contributed by atoms with Gasteiger partial charge in [-0.25, -0.2) is 13.7 Å². The Hall–Kier alpha value is -1.61. The predicted octanol–water partition coefficient (Wildman–Crippen LogP) is 4.29. The van der Waals surface area contributed by atoms with Gasteiger partial charge in [-0.2, -0.15) is 0 Å². The lowest BCUT2D eigenvalue weighted by Gasteiger charge is -2.26. The lowest BCUT2D eigenvalue weighted by atomic mass is 9.97. The van der Waals surface area contributed by atoms with E-state index >= 15 is 0 Å². The van der Waals surface area contributed by atoms with Gasteiger partial charge in [-0.05, 0) is 62.0 Å². The number of fused-ring (bicyclic) bond motifs is 2. The molecule has 1 aromatic carbocycles. The standard InChI is InChI=1S/C22H26ClFN4O2S/c1-31-27-4-5-28-19(11-27)26-20(14-6-12-8-16(29)9-13(12)7-14)21(28)22(30)25-15-2-3-18(24)17(23)10-15/h2-3,10,12-14,16,29H,4-9,11H2,1H3,(H,25,30). The highest BCUT2D eigenvalue weighted by Crippen LogP contribution is 2.51. The first-order valence-electron chi connectivity index (χ1n) is 10.8. The Labute approximate surface area is 190 Å². The van der Waals surface area contributed by atoms with Crippen LogP contribution in [0.4, 0.5) is 10.1 Å². The summed E-state index contributed by atoms with van der Waals surface area (Å²) in [5, 5.41) is 12.9. The van der Waals surface area contributed by atoms with Gasteiger partial charge in [-0.1, -0.05) is 23.5 Å². The second-order valence-corrected chi connectivity index (χ2v) is 10.1. The number of carbonyl (C=O) groups is 1. The van der Waals surface area contributed by atoms with E-state index in [9.17, 15) is 14.3 Å². The highest BCUT2D eigenvalue weighted by molar-refractivity contribution is 7.96. The fourth-order valence-electron chi connectivity index (χ4n) is 5.58. The molecule has 31 heavy (non-hydrogen) atoms. The number of hydrogen-bond acceptors (Lipinski definition) is 5. The molecule has 2 fully saturated rings. The zero-order valence-electron chi connectivity index (χ0n) is 17.4. The van der Waals surface area contributed by atoms with Gasteiger partial charge < -0.3 is 15.0 Å². The monoisotopic (exact) mass is 464 g/mol. The second kappa shape index (κ2) is 8.39. The SMILES string of the molecule is CSN1CCn2c(nc(C3CC4CC(O)CC4C3)c2C(=O)Nc2ccc(F)c(Cl)c2)C1. The molecule has 5 rings (SSSR count). The normalized spacial score (nSPS) is 27.9. The number of anilines is 1. The van der Waals surface area contributed by atoms with Crippen LogP contribution in [-0.2, 0) is 13.1 Å². The van der Waals surface area contributed by atoms with Gasteiger partial charge in [0.25, 0.3) is 5.91 Å². The summed E-state index contributed by atoms with van der Waals surface area (Å²) in [6.07, 6.45) is 5.50. The molecule has 9 heteroatoms. The Morgan fingerprint density at radius 3 is 2.68 bits per heavy atom. The molecule has 0 radical (unpaired) electrons. The van der Waals surface area contributed by atoms with E-state index in [2.05, 4.69) is 15.9 Å². The van der Waals surface area contributed by atoms with Gasteiger partial charge in [-0.3, -0.25) is 4.79 Å². The first kappa shape index (κ1) is 21.2. The van der Waals surface area contributed by atoms with Crippen molar-refractivity contribution in [3.8, 4) is 0 Å². The number of aliphatic hydroxyl groups excluding tert-OH is 1. The number of aromatic nitrogens is 2. The predicted molar refractivity (Wildman–Crippen MR) is 120 cm³/mol. The van der Waals surface area contributed by atoms with Gasteiger partial charge in [0.1, 0.15) is 17.3 Å². The van der Waals surface area contributed by atoms with Crippen molar-refractivity contribution in [3.63, 3.8) is 0 Å². The summed E-state index contributed by atoms with van der Waals surface area (Å²) < 4.78 is 17.8. The fourth-order valence-corrected chi connectivity index (χ4v) is 6.27. The molecule has 1 aromatic heterocycles. The van der Waals surface area contributed by atoms with Crippen LogP contribution in [-0.4, -0.2) is 43.8 Å². The minimum absolute atomic E-state index is 0.0221. The third kappa shape index (κ3) is 3.99. The Kier molecular flexibility index (Phi) is 5.75. The number of halogens is 2. The molecule has 0 spiro atoms. The zero-order chi connectivity index (χ0) is 21.7. The van der Waals surface area contributed by atoms with Crippen LogP contribution in [0.2, 0.25) is 5.02 Å². The van der Waals surface area contributed by atoms with E-state index in [-0.39, 0.29) is 23.0 Å². The van der Waals surface area contributed by atoms with Crippen LogP contribution in [0.3, 0.4) is 0 Å². The minimum Gasteiger partial charge on any atom is -0.393 e. The lowest BCUT2D eigenvalue weighted by Crippen LogP contribution is -2.31. The number of benzene rings is 1. The highest BCUT2D eigenvalue weighted by atomic mass is 35.5. The molecule has 6 nitrogen and oxygen atoms in total. The third-order valence-electron chi connectivity index (χ3n) is 6.99. The molecule has 166 valence electrons. The number of nitrogens with one attached hydrogen (secondary N) is 1. The third-order valence-corrected chi connectivity index (χ3v) is 8.11. The summed E-state index contributed by atoms with van der Waals surface area (Å²) in [4.78, 5) is 18.4. The van der Waals surface area contributed by atoms with Crippen LogP contribution in [0, 0.1) is 17.7 Å². The van der Waals surface area contributed by atoms with Crippen molar-refractivity contribution in [1.82, 2.24) is 13.9 Å². The number of imidazole rings is 1. The Morgan fingerprint density at radius 2 is 2.00 bits per heavy atom. The average Bonchev–Trinajstić information content (AvgIpc) is 3.40. The number of carbonyl (C=O) groups excluding carboxylic acids is 1. The number of nitrogens with zero attached hydrogens (tertiary/aromatic N) is 3. The van der Waals surface area contributed by atoms with E-state index in [4.69, 9.17) is 16.6 Å². The summed E-state index contributed by atoms with van der Waals surface area (Å²) in [5.41, 5.74) is 1.94. The molecule has 0 bridgehead atoms. The maximum absolute atomic E-state index is 13.5. The summed E-state index contributed by atoms with van der Waals surface area (Å²) >= 11 is 7.58. The number of hydrogen-bond donors (Lipinski definition) is 2. The Bertz CT molecular complexity index is 1000. The molecule has 2 aromatic rings. The van der Waals surface area contributed by atoms with Crippen molar-refractivity contribution in [2.24, 2.45) is 11.8 Å². The van der Waals surface area contributed by atoms with Crippen molar-refractivity contribution in [1.29, 1.82) is 0 Å². The van der Waals surface area contributed by atoms with E-state index in [1.54, 1.807) is 11.9 Å². The van der Waals surface area contributed by atoms with Gasteiger partial charge >= 0.3 is 0 Å². The van der Waals surface area contributed by atoms with E-state index in [0.29, 0.717) is 36.3 Å². The molecule has 0 saturated heterocycles. The maximum atomic E-state index is 13.5. The van der Waals surface area contributed by atoms with Crippen LogP contribution < -0.4 is 5.32 Å². The van der Waals surface area contributed by atoms with E-state index in [1.807, 2.05) is 4.57 Å². The summed E-state index contributed by atoms with van der Waals surface area (Å²) in [5.74, 6) is 1.40. The molecular weight excluding hydrogens is 439 g/mol. The van der Waals surface area contributed by atoms with Crippen LogP contribution >= 0.6 is 23.5 Å². The van der Waals surface area contributed by atoms with Crippen molar-refractivity contribution >= 4 is 35.1 Å². The van der Waals surface area contributed by atoms with Crippen molar-refractivity contribution in [2.45, 2.75) is 50.8 Å². The van der Waals surface area contributed by atoms with Crippen LogP contribution in [0.1, 0.15) is 53.6 Å². The summed E-state index contributed by atoms with van der Waals surface area (Å²) in [7, 11) is 0. The van der Waals surface area contributed by atoms with E-state index < -0.39 is 5.82 Å². The van der Waals surface area contributed by atoms with Crippen molar-refractivity contribution in [2.75, 3.05) is 18.1 Å². The number of amides is 1. The van der Waals surface area contributed by atoms with Crippen molar-refractivity contribution in [3.05, 3.63) is 46.3 Å². The second-order valence-electron chi connectivity index (χ2n) is 8.86. The smallest absolute Gasteiger partial charge is 0.274 e. The minimum atomic E-state index is -0.515. The molecule has 2 unspecified atom stereocenters.